The highest BCUT2D eigenvalue weighted by Crippen LogP contribution is 2.25. The number of methoxy groups -OCH3 is 1. The Morgan fingerprint density at radius 3 is 2.45 bits per heavy atom. The van der Waals surface area contributed by atoms with E-state index in [0.717, 1.165) is 5.56 Å². The van der Waals surface area contributed by atoms with Crippen molar-refractivity contribution in [3.05, 3.63) is 59.7 Å². The summed E-state index contributed by atoms with van der Waals surface area (Å²) in [7, 11) is 1.59. The molecular weight excluding hydrogens is 278 g/mol. The Morgan fingerprint density at radius 1 is 1.05 bits per heavy atom. The molecule has 0 fully saturated rings. The van der Waals surface area contributed by atoms with Crippen LogP contribution in [0.5, 0.6) is 11.5 Å². The van der Waals surface area contributed by atoms with Crippen LogP contribution in [0.3, 0.4) is 0 Å². The van der Waals surface area contributed by atoms with Crippen molar-refractivity contribution in [2.45, 2.75) is 19.9 Å². The molecule has 0 bridgehead atoms. The largest absolute Gasteiger partial charge is 0.493 e. The molecule has 0 aromatic heterocycles. The molecule has 2 aromatic rings. The molecule has 4 nitrogen and oxygen atoms in total. The minimum absolute atomic E-state index is 0.0295. The van der Waals surface area contributed by atoms with E-state index in [1.165, 1.54) is 5.56 Å². The van der Waals surface area contributed by atoms with Crippen molar-refractivity contribution in [1.29, 1.82) is 0 Å². The molecule has 0 unspecified atom stereocenters. The lowest BCUT2D eigenvalue weighted by molar-refractivity contribution is -0.121. The molecule has 0 aliphatic heterocycles. The SMILES string of the molecule is COc1ccccc1OCCC(=O)NCc1ccccc1C. The van der Waals surface area contributed by atoms with E-state index in [4.69, 9.17) is 9.47 Å². The fraction of sp³-hybridized carbons (Fsp3) is 0.278. The summed E-state index contributed by atoms with van der Waals surface area (Å²) < 4.78 is 10.8. The standard InChI is InChI=1S/C18H21NO3/c1-14-7-3-4-8-15(14)13-19-18(20)11-12-22-17-10-6-5-9-16(17)21-2/h3-10H,11-13H2,1-2H3,(H,19,20). The lowest BCUT2D eigenvalue weighted by Crippen LogP contribution is -2.24. The molecule has 0 radical (unpaired) electrons. The lowest BCUT2D eigenvalue weighted by Gasteiger charge is -2.11. The fourth-order valence-corrected chi connectivity index (χ4v) is 2.08. The molecule has 0 saturated carbocycles. The molecule has 1 N–H and O–H groups in total. The topological polar surface area (TPSA) is 47.6 Å². The van der Waals surface area contributed by atoms with E-state index in [1.54, 1.807) is 7.11 Å². The van der Waals surface area contributed by atoms with Gasteiger partial charge in [0.25, 0.3) is 0 Å². The first kappa shape index (κ1) is 15.9. The van der Waals surface area contributed by atoms with E-state index in [-0.39, 0.29) is 5.91 Å². The molecule has 0 saturated heterocycles. The van der Waals surface area contributed by atoms with Gasteiger partial charge in [0.1, 0.15) is 0 Å². The third-order valence-electron chi connectivity index (χ3n) is 3.39. The van der Waals surface area contributed by atoms with Crippen LogP contribution in [0, 0.1) is 6.92 Å². The molecule has 0 heterocycles. The third kappa shape index (κ3) is 4.52. The van der Waals surface area contributed by atoms with Crippen LogP contribution in [0.2, 0.25) is 0 Å². The average molecular weight is 299 g/mol. The van der Waals surface area contributed by atoms with E-state index in [9.17, 15) is 4.79 Å². The number of carbonyl (C=O) groups is 1. The number of para-hydroxylation sites is 2. The van der Waals surface area contributed by atoms with Crippen LogP contribution in [0.4, 0.5) is 0 Å². The maximum Gasteiger partial charge on any atom is 0.223 e. The lowest BCUT2D eigenvalue weighted by atomic mass is 10.1. The van der Waals surface area contributed by atoms with Gasteiger partial charge in [-0.15, -0.1) is 0 Å². The van der Waals surface area contributed by atoms with E-state index in [2.05, 4.69) is 5.32 Å². The minimum Gasteiger partial charge on any atom is -0.493 e. The normalized spacial score (nSPS) is 10.1. The van der Waals surface area contributed by atoms with Gasteiger partial charge in [-0.2, -0.15) is 0 Å². The smallest absolute Gasteiger partial charge is 0.223 e. The monoisotopic (exact) mass is 299 g/mol. The summed E-state index contributed by atoms with van der Waals surface area (Å²) >= 11 is 0. The van der Waals surface area contributed by atoms with Crippen molar-refractivity contribution in [1.82, 2.24) is 5.32 Å². The summed E-state index contributed by atoms with van der Waals surface area (Å²) in [6, 6.07) is 15.4. The predicted octanol–water partition coefficient (Wildman–Crippen LogP) is 3.09. The van der Waals surface area contributed by atoms with Crippen molar-refractivity contribution in [3.63, 3.8) is 0 Å². The summed E-state index contributed by atoms with van der Waals surface area (Å²) in [5, 5.41) is 2.90. The van der Waals surface area contributed by atoms with Crippen molar-refractivity contribution in [2.75, 3.05) is 13.7 Å². The maximum absolute atomic E-state index is 11.8. The van der Waals surface area contributed by atoms with Gasteiger partial charge < -0.3 is 14.8 Å². The van der Waals surface area contributed by atoms with Crippen LogP contribution in [-0.4, -0.2) is 19.6 Å². The third-order valence-corrected chi connectivity index (χ3v) is 3.39. The van der Waals surface area contributed by atoms with E-state index < -0.39 is 0 Å². The van der Waals surface area contributed by atoms with Crippen LogP contribution >= 0.6 is 0 Å². The summed E-state index contributed by atoms with van der Waals surface area (Å²) in [6.07, 6.45) is 0.309. The molecule has 4 heteroatoms. The molecule has 22 heavy (non-hydrogen) atoms. The highest BCUT2D eigenvalue weighted by Gasteiger charge is 2.06. The summed E-state index contributed by atoms with van der Waals surface area (Å²) in [5.41, 5.74) is 2.30. The highest BCUT2D eigenvalue weighted by molar-refractivity contribution is 5.76. The van der Waals surface area contributed by atoms with Crippen LogP contribution in [0.1, 0.15) is 17.5 Å². The zero-order valence-electron chi connectivity index (χ0n) is 13.0. The molecule has 0 spiro atoms. The first-order chi connectivity index (χ1) is 10.7. The zero-order chi connectivity index (χ0) is 15.8. The van der Waals surface area contributed by atoms with Crippen LogP contribution in [0.15, 0.2) is 48.5 Å². The van der Waals surface area contributed by atoms with Gasteiger partial charge in [0, 0.05) is 6.54 Å². The Bertz CT molecular complexity index is 625. The number of rotatable bonds is 7. The second-order valence-corrected chi connectivity index (χ2v) is 4.95. The number of hydrogen-bond donors (Lipinski definition) is 1. The van der Waals surface area contributed by atoms with Crippen LogP contribution in [-0.2, 0) is 11.3 Å². The van der Waals surface area contributed by atoms with Crippen molar-refractivity contribution < 1.29 is 14.3 Å². The number of carbonyl (C=O) groups excluding carboxylic acids is 1. The van der Waals surface area contributed by atoms with Gasteiger partial charge in [-0.05, 0) is 30.2 Å². The number of aryl methyl sites for hydroxylation is 1. The Hall–Kier alpha value is -2.49. The second-order valence-electron chi connectivity index (χ2n) is 4.95. The number of nitrogens with one attached hydrogen (secondary N) is 1. The van der Waals surface area contributed by atoms with Gasteiger partial charge in [-0.25, -0.2) is 0 Å². The van der Waals surface area contributed by atoms with Crippen LogP contribution < -0.4 is 14.8 Å². The van der Waals surface area contributed by atoms with Crippen molar-refractivity contribution in [2.24, 2.45) is 0 Å². The first-order valence-corrected chi connectivity index (χ1v) is 7.27. The Morgan fingerprint density at radius 2 is 1.73 bits per heavy atom. The molecule has 2 aromatic carbocycles. The van der Waals surface area contributed by atoms with Gasteiger partial charge >= 0.3 is 0 Å². The predicted molar refractivity (Wildman–Crippen MR) is 86.1 cm³/mol. The fourth-order valence-electron chi connectivity index (χ4n) is 2.08. The summed E-state index contributed by atoms with van der Waals surface area (Å²) in [4.78, 5) is 11.8. The highest BCUT2D eigenvalue weighted by atomic mass is 16.5. The molecule has 0 aliphatic carbocycles. The van der Waals surface area contributed by atoms with Crippen molar-refractivity contribution in [3.8, 4) is 11.5 Å². The number of ether oxygens (including phenoxy) is 2. The van der Waals surface area contributed by atoms with Crippen molar-refractivity contribution >= 4 is 5.91 Å². The molecular formula is C18H21NO3. The van der Waals surface area contributed by atoms with E-state index in [0.29, 0.717) is 31.1 Å². The Kier molecular flexibility index (Phi) is 5.83. The molecule has 0 atom stereocenters. The molecule has 0 aliphatic rings. The summed E-state index contributed by atoms with van der Waals surface area (Å²) in [6.45, 7) is 2.90. The quantitative estimate of drug-likeness (QED) is 0.854. The van der Waals surface area contributed by atoms with E-state index in [1.807, 2.05) is 55.5 Å². The Labute approximate surface area is 131 Å². The van der Waals surface area contributed by atoms with Crippen LogP contribution in [0.25, 0.3) is 0 Å². The van der Waals surface area contributed by atoms with E-state index >= 15 is 0 Å². The number of amides is 1. The number of hydrogen-bond acceptors (Lipinski definition) is 3. The van der Waals surface area contributed by atoms with Gasteiger partial charge in [0.15, 0.2) is 11.5 Å². The Balaban J connectivity index is 1.75. The second kappa shape index (κ2) is 8.08. The van der Waals surface area contributed by atoms with Gasteiger partial charge in [-0.3, -0.25) is 4.79 Å². The molecule has 2 rings (SSSR count). The zero-order valence-corrected chi connectivity index (χ0v) is 13.0. The maximum atomic E-state index is 11.8. The minimum atomic E-state index is -0.0295. The van der Waals surface area contributed by atoms with Gasteiger partial charge in [0.2, 0.25) is 5.91 Å². The van der Waals surface area contributed by atoms with Gasteiger partial charge in [0.05, 0.1) is 20.1 Å². The van der Waals surface area contributed by atoms with Gasteiger partial charge in [-0.1, -0.05) is 36.4 Å². The average Bonchev–Trinajstić information content (AvgIpc) is 2.54. The molecule has 116 valence electrons. The molecule has 1 amide bonds. The number of benzene rings is 2. The summed E-state index contributed by atoms with van der Waals surface area (Å²) in [5.74, 6) is 1.29. The first-order valence-electron chi connectivity index (χ1n) is 7.27.